The number of hydrogen-bond acceptors (Lipinski definition) is 14. The van der Waals surface area contributed by atoms with E-state index in [-0.39, 0.29) is 0 Å². The number of aromatic nitrogens is 2. The summed E-state index contributed by atoms with van der Waals surface area (Å²) in [5, 5.41) is 40.1. The van der Waals surface area contributed by atoms with E-state index in [1.54, 1.807) is 28.4 Å². The van der Waals surface area contributed by atoms with Gasteiger partial charge < -0.3 is 67.9 Å². The molecular formula is C44H40N2O14. The minimum Gasteiger partial charge on any atom is -0.547 e. The summed E-state index contributed by atoms with van der Waals surface area (Å²) in [5.41, 5.74) is 7.35. The molecule has 310 valence electrons. The topological polar surface area (TPSA) is 202 Å². The summed E-state index contributed by atoms with van der Waals surface area (Å²) >= 11 is 0. The Balaban J connectivity index is 0.000000137. The summed E-state index contributed by atoms with van der Waals surface area (Å²) in [6.07, 6.45) is 1.34. The molecule has 2 N–H and O–H groups in total. The van der Waals surface area contributed by atoms with Gasteiger partial charge in [0.15, 0.2) is 71.5 Å². The summed E-state index contributed by atoms with van der Waals surface area (Å²) in [6.45, 7) is 2.43. The summed E-state index contributed by atoms with van der Waals surface area (Å²) < 4.78 is 48.8. The molecule has 4 aliphatic heterocycles. The first-order valence-corrected chi connectivity index (χ1v) is 18.8. The van der Waals surface area contributed by atoms with Crippen molar-refractivity contribution in [2.24, 2.45) is 0 Å². The largest absolute Gasteiger partial charge is 0.547 e. The molecular weight excluding hydrogens is 780 g/mol. The van der Waals surface area contributed by atoms with Gasteiger partial charge in [0, 0.05) is 25.0 Å². The lowest BCUT2D eigenvalue weighted by molar-refractivity contribution is -0.686. The van der Waals surface area contributed by atoms with Crippen molar-refractivity contribution >= 4 is 33.5 Å². The van der Waals surface area contributed by atoms with Gasteiger partial charge >= 0.3 is 0 Å². The highest BCUT2D eigenvalue weighted by molar-refractivity contribution is 5.93. The number of carbonyl (C=O) groups is 2. The van der Waals surface area contributed by atoms with Crippen LogP contribution in [0.2, 0.25) is 0 Å². The standard InChI is InChI=1S/2C20H18NO4.C4H6O6/c2*1-22-17-4-3-12-7-16-14-9-19-18(24-11-25-19)8-13(14)5-6-21(16)10-15(12)20(17)23-2;5-1(3(7)8)2(6)4(9)10/h2*3-4,7-10H,5-6,11H2,1-2H3;1-2,5-6H,(H,7,8)(H,9,10)/q2*+1;/p-2. The molecule has 4 aromatic carbocycles. The smallest absolute Gasteiger partial charge is 0.231 e. The number of aliphatic carboxylic acids is 2. The summed E-state index contributed by atoms with van der Waals surface area (Å²) in [4.78, 5) is 19.3. The van der Waals surface area contributed by atoms with Crippen LogP contribution in [0.5, 0.6) is 46.0 Å². The minimum absolute atomic E-state index is 0.299. The molecule has 0 saturated heterocycles. The summed E-state index contributed by atoms with van der Waals surface area (Å²) in [7, 11) is 6.68. The lowest BCUT2D eigenvalue weighted by atomic mass is 9.95. The molecule has 0 spiro atoms. The van der Waals surface area contributed by atoms with Gasteiger partial charge in [-0.15, -0.1) is 0 Å². The molecule has 2 atom stereocenters. The zero-order valence-electron chi connectivity index (χ0n) is 33.0. The molecule has 6 aromatic rings. The molecule has 16 heteroatoms. The molecule has 4 aliphatic rings. The van der Waals surface area contributed by atoms with Gasteiger partial charge in [0.1, 0.15) is 12.2 Å². The summed E-state index contributed by atoms with van der Waals surface area (Å²) in [5.74, 6) is 2.25. The molecule has 60 heavy (non-hydrogen) atoms. The van der Waals surface area contributed by atoms with Gasteiger partial charge in [-0.2, -0.15) is 9.13 Å². The number of aliphatic hydroxyl groups is 2. The van der Waals surface area contributed by atoms with E-state index in [0.29, 0.717) is 13.6 Å². The third kappa shape index (κ3) is 7.20. The number of fused-ring (bicyclic) bond motifs is 10. The van der Waals surface area contributed by atoms with Crippen molar-refractivity contribution in [1.82, 2.24) is 0 Å². The fourth-order valence-electron chi connectivity index (χ4n) is 7.79. The predicted octanol–water partition coefficient (Wildman–Crippen LogP) is 1.40. The number of benzene rings is 4. The Morgan fingerprint density at radius 3 is 1.32 bits per heavy atom. The van der Waals surface area contributed by atoms with Gasteiger partial charge in [-0.3, -0.25) is 0 Å². The number of nitrogens with zero attached hydrogens (tertiary/aromatic N) is 2. The first-order chi connectivity index (χ1) is 29.0. The first-order valence-electron chi connectivity index (χ1n) is 18.8. The molecule has 0 aliphatic carbocycles. The monoisotopic (exact) mass is 820 g/mol. The third-order valence-electron chi connectivity index (χ3n) is 10.8. The maximum Gasteiger partial charge on any atom is 0.231 e. The Bertz CT molecular complexity index is 2500. The Hall–Kier alpha value is -7.04. The number of ether oxygens (including phenoxy) is 8. The van der Waals surface area contributed by atoms with Crippen LogP contribution in [0, 0.1) is 0 Å². The van der Waals surface area contributed by atoms with Gasteiger partial charge in [-0.25, -0.2) is 0 Å². The second kappa shape index (κ2) is 16.3. The van der Waals surface area contributed by atoms with Crippen molar-refractivity contribution in [3.63, 3.8) is 0 Å². The van der Waals surface area contributed by atoms with E-state index in [0.717, 1.165) is 93.5 Å². The number of aryl methyl sites for hydroxylation is 4. The van der Waals surface area contributed by atoms with Gasteiger partial charge in [0.2, 0.25) is 25.0 Å². The van der Waals surface area contributed by atoms with Crippen LogP contribution < -0.4 is 57.2 Å². The number of rotatable bonds is 7. The van der Waals surface area contributed by atoms with Gasteiger partial charge in [0.25, 0.3) is 0 Å². The molecule has 0 amide bonds. The molecule has 2 unspecified atom stereocenters. The lowest BCUT2D eigenvalue weighted by Crippen LogP contribution is -2.51. The Morgan fingerprint density at radius 2 is 0.967 bits per heavy atom. The minimum atomic E-state index is -2.44. The second-order valence-electron chi connectivity index (χ2n) is 14.1. The van der Waals surface area contributed by atoms with E-state index < -0.39 is 24.1 Å². The van der Waals surface area contributed by atoms with E-state index in [2.05, 4.69) is 70.1 Å². The van der Waals surface area contributed by atoms with Crippen LogP contribution in [0.4, 0.5) is 0 Å². The number of carboxylic acid groups (broad SMARTS) is 2. The first kappa shape index (κ1) is 39.8. The molecule has 0 saturated carbocycles. The predicted molar refractivity (Wildman–Crippen MR) is 207 cm³/mol. The zero-order chi connectivity index (χ0) is 42.2. The Labute approximate surface area is 342 Å². The molecule has 0 bridgehead atoms. The van der Waals surface area contributed by atoms with Gasteiger partial charge in [0.05, 0.1) is 62.3 Å². The van der Waals surface area contributed by atoms with Gasteiger partial charge in [-0.05, 0) is 70.4 Å². The molecule has 0 fully saturated rings. The summed E-state index contributed by atoms with van der Waals surface area (Å²) in [6, 6.07) is 20.8. The number of pyridine rings is 2. The fourth-order valence-corrected chi connectivity index (χ4v) is 7.79. The normalized spacial score (nSPS) is 14.4. The van der Waals surface area contributed by atoms with E-state index >= 15 is 0 Å². The van der Waals surface area contributed by atoms with Crippen LogP contribution >= 0.6 is 0 Å². The van der Waals surface area contributed by atoms with Crippen molar-refractivity contribution < 1.29 is 77.0 Å². The highest BCUT2D eigenvalue weighted by atomic mass is 16.7. The van der Waals surface area contributed by atoms with Crippen molar-refractivity contribution in [3.05, 3.63) is 84.2 Å². The van der Waals surface area contributed by atoms with Crippen LogP contribution in [0.3, 0.4) is 0 Å². The third-order valence-corrected chi connectivity index (χ3v) is 10.8. The maximum atomic E-state index is 9.63. The highest BCUT2D eigenvalue weighted by Crippen LogP contribution is 2.43. The van der Waals surface area contributed by atoms with Crippen molar-refractivity contribution in [2.75, 3.05) is 42.0 Å². The second-order valence-corrected chi connectivity index (χ2v) is 14.1. The van der Waals surface area contributed by atoms with Crippen LogP contribution in [0.25, 0.3) is 44.1 Å². The number of carboxylic acids is 2. The average molecular weight is 821 g/mol. The van der Waals surface area contributed by atoms with Crippen LogP contribution in [0.15, 0.2) is 73.1 Å². The maximum absolute atomic E-state index is 9.63. The Morgan fingerprint density at radius 1 is 0.583 bits per heavy atom. The van der Waals surface area contributed by atoms with E-state index in [9.17, 15) is 19.8 Å². The fraction of sp³-hybridized carbons (Fsp3) is 0.273. The van der Waals surface area contributed by atoms with Crippen LogP contribution in [-0.2, 0) is 35.5 Å². The van der Waals surface area contributed by atoms with E-state index in [1.807, 2.05) is 12.1 Å². The van der Waals surface area contributed by atoms with E-state index in [4.69, 9.17) is 48.1 Å². The van der Waals surface area contributed by atoms with Gasteiger partial charge in [-0.1, -0.05) is 0 Å². The number of aliphatic hydroxyl groups excluding tert-OH is 2. The zero-order valence-corrected chi connectivity index (χ0v) is 33.0. The average Bonchev–Trinajstić information content (AvgIpc) is 3.94. The highest BCUT2D eigenvalue weighted by Gasteiger charge is 2.30. The Kier molecular flexibility index (Phi) is 10.8. The SMILES string of the molecule is COc1ccc2cc3[n+](cc2c1OC)CCc1cc2c(cc1-3)OCO2.COc1ccc2cc3[n+](cc2c1OC)CCc1cc2c(cc1-3)OCO2.O=C([O-])C(O)C(O)C(=O)[O-]. The number of carbonyl (C=O) groups excluding carboxylic acids is 2. The molecule has 16 nitrogen and oxygen atoms in total. The molecule has 10 rings (SSSR count). The number of hydrogen-bond donors (Lipinski definition) is 2. The molecule has 2 aromatic heterocycles. The molecule has 0 radical (unpaired) electrons. The molecule has 6 heterocycles. The van der Waals surface area contributed by atoms with Crippen molar-refractivity contribution in [1.29, 1.82) is 0 Å². The van der Waals surface area contributed by atoms with Crippen LogP contribution in [-0.4, -0.2) is 76.4 Å². The van der Waals surface area contributed by atoms with Crippen LogP contribution in [0.1, 0.15) is 11.1 Å². The van der Waals surface area contributed by atoms with E-state index in [1.165, 1.54) is 33.6 Å². The lowest BCUT2D eigenvalue weighted by Gasteiger charge is -2.18. The number of methoxy groups -OCH3 is 4. The van der Waals surface area contributed by atoms with Crippen molar-refractivity contribution in [3.8, 4) is 68.5 Å². The van der Waals surface area contributed by atoms with Crippen molar-refractivity contribution in [2.45, 2.75) is 38.1 Å². The quantitative estimate of drug-likeness (QED) is 0.219.